The summed E-state index contributed by atoms with van der Waals surface area (Å²) in [7, 11) is 1.72. The topological polar surface area (TPSA) is 91.6 Å². The summed E-state index contributed by atoms with van der Waals surface area (Å²) in [6.45, 7) is 6.13. The fourth-order valence-corrected chi connectivity index (χ4v) is 3.74. The number of rotatable bonds is 4. The Hall–Kier alpha value is -4.26. The number of imidazole rings is 1. The molecule has 0 spiro atoms. The zero-order valence-corrected chi connectivity index (χ0v) is 19.9. The lowest BCUT2D eigenvalue weighted by Gasteiger charge is -2.11. The predicted octanol–water partition coefficient (Wildman–Crippen LogP) is 5.02. The Balaban J connectivity index is 0.00000133. The van der Waals surface area contributed by atoms with Gasteiger partial charge in [-0.05, 0) is 54.4 Å². The maximum absolute atomic E-state index is 12.1. The lowest BCUT2D eigenvalue weighted by Crippen LogP contribution is -2.14. The second-order valence-electron chi connectivity index (χ2n) is 7.63. The molecule has 0 atom stereocenters. The first-order valence-electron chi connectivity index (χ1n) is 11.4. The van der Waals surface area contributed by atoms with E-state index in [9.17, 15) is 4.79 Å². The highest BCUT2D eigenvalue weighted by molar-refractivity contribution is 5.84. The van der Waals surface area contributed by atoms with E-state index in [1.54, 1.807) is 25.5 Å². The number of anilines is 1. The Kier molecular flexibility index (Phi) is 6.54. The van der Waals surface area contributed by atoms with Crippen LogP contribution in [-0.2, 0) is 13.5 Å². The highest BCUT2D eigenvalue weighted by Gasteiger charge is 2.18. The first-order chi connectivity index (χ1) is 16.5. The number of hydrogen-bond acceptors (Lipinski definition) is 5. The molecule has 0 aliphatic heterocycles. The second kappa shape index (κ2) is 9.70. The molecule has 0 amide bonds. The van der Waals surface area contributed by atoms with Crippen molar-refractivity contribution in [3.05, 3.63) is 89.0 Å². The van der Waals surface area contributed by atoms with Gasteiger partial charge in [-0.3, -0.25) is 9.36 Å². The number of nitrogens with zero attached hydrogens (tertiary/aromatic N) is 5. The van der Waals surface area contributed by atoms with Crippen LogP contribution >= 0.6 is 0 Å². The molecule has 0 saturated heterocycles. The molecular formula is C27H28N6O. The fraction of sp³-hybridized carbons (Fsp3) is 0.185. The normalized spacial score (nSPS) is 10.7. The summed E-state index contributed by atoms with van der Waals surface area (Å²) in [5.74, 6) is 1.07. The number of benzene rings is 1. The Morgan fingerprint density at radius 1 is 0.971 bits per heavy atom. The Labute approximate surface area is 198 Å². The molecule has 5 rings (SSSR count). The van der Waals surface area contributed by atoms with Crippen molar-refractivity contribution in [3.8, 4) is 28.3 Å². The summed E-state index contributed by atoms with van der Waals surface area (Å²) in [5, 5.41) is 0. The molecule has 0 radical (unpaired) electrons. The molecular weight excluding hydrogens is 424 g/mol. The number of fused-ring (bicyclic) bond motifs is 1. The van der Waals surface area contributed by atoms with Gasteiger partial charge in [0.25, 0.3) is 5.56 Å². The van der Waals surface area contributed by atoms with E-state index < -0.39 is 0 Å². The summed E-state index contributed by atoms with van der Waals surface area (Å²) in [6.07, 6.45) is 4.36. The highest BCUT2D eigenvalue weighted by Crippen LogP contribution is 2.31. The van der Waals surface area contributed by atoms with Gasteiger partial charge in [0.05, 0.1) is 11.3 Å². The summed E-state index contributed by atoms with van der Waals surface area (Å²) >= 11 is 0. The van der Waals surface area contributed by atoms with Crippen LogP contribution in [0.2, 0.25) is 0 Å². The maximum atomic E-state index is 12.1. The maximum Gasteiger partial charge on any atom is 0.250 e. The molecule has 0 fully saturated rings. The van der Waals surface area contributed by atoms with Gasteiger partial charge in [0, 0.05) is 36.8 Å². The van der Waals surface area contributed by atoms with E-state index in [2.05, 4.69) is 36.2 Å². The number of aryl methyl sites for hydroxylation is 2. The minimum atomic E-state index is -0.0862. The molecule has 4 aromatic heterocycles. The van der Waals surface area contributed by atoms with E-state index in [1.165, 1.54) is 10.1 Å². The van der Waals surface area contributed by atoms with Gasteiger partial charge in [0.1, 0.15) is 11.3 Å². The third-order valence-electron chi connectivity index (χ3n) is 5.59. The van der Waals surface area contributed by atoms with Crippen LogP contribution in [0.25, 0.3) is 39.5 Å². The van der Waals surface area contributed by atoms with Crippen LogP contribution in [0.3, 0.4) is 0 Å². The van der Waals surface area contributed by atoms with Crippen molar-refractivity contribution in [3.63, 3.8) is 0 Å². The third-order valence-corrected chi connectivity index (χ3v) is 5.59. The van der Waals surface area contributed by atoms with Crippen LogP contribution in [-0.4, -0.2) is 24.1 Å². The summed E-state index contributed by atoms with van der Waals surface area (Å²) in [6, 6.07) is 19.3. The molecule has 0 aliphatic rings. The number of hydrogen-bond donors (Lipinski definition) is 1. The lowest BCUT2D eigenvalue weighted by atomic mass is 10.1. The number of aromatic nitrogens is 5. The van der Waals surface area contributed by atoms with Crippen molar-refractivity contribution in [1.29, 1.82) is 0 Å². The van der Waals surface area contributed by atoms with Crippen molar-refractivity contribution in [1.82, 2.24) is 24.1 Å². The van der Waals surface area contributed by atoms with E-state index in [4.69, 9.17) is 15.7 Å². The van der Waals surface area contributed by atoms with Gasteiger partial charge in [0.15, 0.2) is 11.5 Å². The van der Waals surface area contributed by atoms with E-state index in [0.717, 1.165) is 28.8 Å². The second-order valence-corrected chi connectivity index (χ2v) is 7.63. The van der Waals surface area contributed by atoms with Crippen LogP contribution in [0, 0.1) is 0 Å². The smallest absolute Gasteiger partial charge is 0.250 e. The number of nitrogens with two attached hydrogens (primary N) is 1. The summed E-state index contributed by atoms with van der Waals surface area (Å²) in [4.78, 5) is 26.1. The molecule has 5 aromatic rings. The molecule has 4 heterocycles. The van der Waals surface area contributed by atoms with Crippen LogP contribution in [0.5, 0.6) is 0 Å². The summed E-state index contributed by atoms with van der Waals surface area (Å²) in [5.41, 5.74) is 11.9. The highest BCUT2D eigenvalue weighted by atomic mass is 16.1. The van der Waals surface area contributed by atoms with Crippen LogP contribution in [0.4, 0.5) is 5.82 Å². The Morgan fingerprint density at radius 3 is 2.41 bits per heavy atom. The molecule has 34 heavy (non-hydrogen) atoms. The van der Waals surface area contributed by atoms with Gasteiger partial charge < -0.3 is 10.3 Å². The molecule has 7 nitrogen and oxygen atoms in total. The fourth-order valence-electron chi connectivity index (χ4n) is 3.74. The zero-order valence-electron chi connectivity index (χ0n) is 19.9. The van der Waals surface area contributed by atoms with E-state index in [1.807, 2.05) is 48.7 Å². The van der Waals surface area contributed by atoms with Crippen molar-refractivity contribution < 1.29 is 0 Å². The molecule has 172 valence electrons. The quantitative estimate of drug-likeness (QED) is 0.413. The van der Waals surface area contributed by atoms with Crippen molar-refractivity contribution in [2.75, 3.05) is 5.73 Å². The Bertz CT molecular complexity index is 1500. The SMILES string of the molecule is CC.CCc1ccc(-n2c(-c3cccnc3N)nc3ccc(-c4ccn(C)c(=O)c4)nc32)cc1. The number of pyridine rings is 3. The predicted molar refractivity (Wildman–Crippen MR) is 138 cm³/mol. The third kappa shape index (κ3) is 4.20. The van der Waals surface area contributed by atoms with Crippen LogP contribution in [0.1, 0.15) is 26.3 Å². The van der Waals surface area contributed by atoms with Gasteiger partial charge in [-0.25, -0.2) is 15.0 Å². The monoisotopic (exact) mass is 452 g/mol. The minimum absolute atomic E-state index is 0.0862. The molecule has 0 saturated carbocycles. The van der Waals surface area contributed by atoms with Gasteiger partial charge in [-0.15, -0.1) is 0 Å². The zero-order chi connectivity index (χ0) is 24.2. The minimum Gasteiger partial charge on any atom is -0.383 e. The van der Waals surface area contributed by atoms with E-state index in [-0.39, 0.29) is 5.56 Å². The molecule has 1 aromatic carbocycles. The van der Waals surface area contributed by atoms with Crippen LogP contribution < -0.4 is 11.3 Å². The van der Waals surface area contributed by atoms with Gasteiger partial charge in [-0.1, -0.05) is 32.9 Å². The molecule has 0 bridgehead atoms. The van der Waals surface area contributed by atoms with Crippen LogP contribution in [0.15, 0.2) is 77.9 Å². The Morgan fingerprint density at radius 2 is 1.74 bits per heavy atom. The average molecular weight is 453 g/mol. The molecule has 7 heteroatoms. The first-order valence-corrected chi connectivity index (χ1v) is 11.4. The van der Waals surface area contributed by atoms with E-state index >= 15 is 0 Å². The van der Waals surface area contributed by atoms with Gasteiger partial charge >= 0.3 is 0 Å². The average Bonchev–Trinajstić information content (AvgIpc) is 3.25. The van der Waals surface area contributed by atoms with Gasteiger partial charge in [-0.2, -0.15) is 0 Å². The van der Waals surface area contributed by atoms with Crippen molar-refractivity contribution in [2.45, 2.75) is 27.2 Å². The van der Waals surface area contributed by atoms with E-state index in [0.29, 0.717) is 23.0 Å². The lowest BCUT2D eigenvalue weighted by molar-refractivity contribution is 0.861. The van der Waals surface area contributed by atoms with Crippen molar-refractivity contribution >= 4 is 17.0 Å². The van der Waals surface area contributed by atoms with Gasteiger partial charge in [0.2, 0.25) is 0 Å². The standard InChI is InChI=1S/C25H22N6O.C2H6/c1-3-16-6-8-18(9-7-16)31-24(19-5-4-13-27-23(19)26)29-21-11-10-20(28-25(21)31)17-12-14-30(2)22(32)15-17;1-2/h4-15H,3H2,1-2H3,(H2,26,27);1-2H3. The molecule has 0 unspecified atom stereocenters. The molecule has 0 aliphatic carbocycles. The molecule has 2 N–H and O–H groups in total. The largest absolute Gasteiger partial charge is 0.383 e. The summed E-state index contributed by atoms with van der Waals surface area (Å²) < 4.78 is 3.53. The first kappa shape index (κ1) is 22.9. The number of nitrogen functional groups attached to an aromatic ring is 1. The van der Waals surface area contributed by atoms with Crippen molar-refractivity contribution in [2.24, 2.45) is 7.05 Å².